The highest BCUT2D eigenvalue weighted by Crippen LogP contribution is 2.26. The molecule has 1 aliphatic heterocycles. The first-order valence-corrected chi connectivity index (χ1v) is 8.34. The Hall–Kier alpha value is -1.47. The number of amides is 1. The molecule has 6 nitrogen and oxygen atoms in total. The number of thiazole rings is 1. The lowest BCUT2D eigenvalue weighted by Crippen LogP contribution is -2.48. The molecule has 2 heterocycles. The molecule has 7 heteroatoms. The summed E-state index contributed by atoms with van der Waals surface area (Å²) in [4.78, 5) is 31.8. The Morgan fingerprint density at radius 1 is 1.32 bits per heavy atom. The number of piperazine rings is 1. The summed E-state index contributed by atoms with van der Waals surface area (Å²) in [5.74, 6) is -0.400. The maximum absolute atomic E-state index is 11.3. The molecule has 2 rings (SSSR count). The van der Waals surface area contributed by atoms with Crippen molar-refractivity contribution in [2.75, 3.05) is 32.7 Å². The maximum Gasteiger partial charge on any atom is 0.308 e. The first-order chi connectivity index (χ1) is 10.4. The maximum atomic E-state index is 11.3. The van der Waals surface area contributed by atoms with Gasteiger partial charge in [0.2, 0.25) is 5.91 Å². The third-order valence-corrected chi connectivity index (χ3v) is 5.38. The van der Waals surface area contributed by atoms with Crippen LogP contribution < -0.4 is 0 Å². The Bertz CT molecular complexity index is 550. The van der Waals surface area contributed by atoms with E-state index in [1.165, 1.54) is 11.3 Å². The van der Waals surface area contributed by atoms with E-state index >= 15 is 0 Å². The monoisotopic (exact) mass is 325 g/mol. The number of carbonyl (C=O) groups is 2. The van der Waals surface area contributed by atoms with Gasteiger partial charge in [0, 0.05) is 50.4 Å². The molecule has 1 unspecified atom stereocenters. The Labute approximate surface area is 134 Å². The van der Waals surface area contributed by atoms with Crippen molar-refractivity contribution in [1.29, 1.82) is 0 Å². The molecular weight excluding hydrogens is 302 g/mol. The van der Waals surface area contributed by atoms with Gasteiger partial charge < -0.3 is 10.0 Å². The van der Waals surface area contributed by atoms with Crippen LogP contribution in [0, 0.1) is 6.92 Å². The molecule has 122 valence electrons. The molecular formula is C15H23N3O3S. The second-order valence-electron chi connectivity index (χ2n) is 5.84. The van der Waals surface area contributed by atoms with Gasteiger partial charge in [0.05, 0.1) is 17.1 Å². The van der Waals surface area contributed by atoms with Gasteiger partial charge in [0.25, 0.3) is 0 Å². The molecule has 0 aliphatic carbocycles. The summed E-state index contributed by atoms with van der Waals surface area (Å²) >= 11 is 1.51. The highest BCUT2D eigenvalue weighted by Gasteiger charge is 2.22. The molecule has 22 heavy (non-hydrogen) atoms. The minimum absolute atomic E-state index is 0.0491. The van der Waals surface area contributed by atoms with Crippen molar-refractivity contribution in [2.45, 2.75) is 33.1 Å². The van der Waals surface area contributed by atoms with Crippen molar-refractivity contribution in [3.63, 3.8) is 0 Å². The molecule has 1 amide bonds. The quantitative estimate of drug-likeness (QED) is 0.884. The van der Waals surface area contributed by atoms with Gasteiger partial charge in [0.1, 0.15) is 0 Å². The van der Waals surface area contributed by atoms with E-state index in [2.05, 4.69) is 16.8 Å². The average Bonchev–Trinajstić information content (AvgIpc) is 2.80. The van der Waals surface area contributed by atoms with E-state index in [-0.39, 0.29) is 18.2 Å². The predicted octanol–water partition coefficient (Wildman–Crippen LogP) is 1.35. The van der Waals surface area contributed by atoms with Crippen LogP contribution in [0.15, 0.2) is 0 Å². The number of aromatic nitrogens is 1. The first kappa shape index (κ1) is 16.9. The third kappa shape index (κ3) is 4.27. The molecule has 1 saturated heterocycles. The molecule has 1 aromatic heterocycles. The molecule has 0 spiro atoms. The van der Waals surface area contributed by atoms with Gasteiger partial charge in [-0.2, -0.15) is 0 Å². The molecule has 1 N–H and O–H groups in total. The van der Waals surface area contributed by atoms with Crippen LogP contribution in [0.3, 0.4) is 0 Å². The molecule has 0 radical (unpaired) electrons. The molecule has 1 aliphatic rings. The normalized spacial score (nSPS) is 17.5. The molecule has 0 bridgehead atoms. The van der Waals surface area contributed by atoms with Crippen molar-refractivity contribution in [3.05, 3.63) is 15.6 Å². The van der Waals surface area contributed by atoms with Crippen LogP contribution in [-0.4, -0.2) is 64.5 Å². The number of rotatable bonds is 5. The van der Waals surface area contributed by atoms with Gasteiger partial charge in [-0.15, -0.1) is 11.3 Å². The number of hydrogen-bond donors (Lipinski definition) is 1. The third-order valence-electron chi connectivity index (χ3n) is 3.99. The van der Waals surface area contributed by atoms with Crippen LogP contribution in [0.4, 0.5) is 0 Å². The molecule has 1 fully saturated rings. The Kier molecular flexibility index (Phi) is 5.52. The van der Waals surface area contributed by atoms with E-state index in [0.717, 1.165) is 48.3 Å². The van der Waals surface area contributed by atoms with Crippen molar-refractivity contribution >= 4 is 23.2 Å². The number of carboxylic acids is 1. The summed E-state index contributed by atoms with van der Waals surface area (Å²) in [6.07, 6.45) is 0.0491. The van der Waals surface area contributed by atoms with Crippen LogP contribution in [0.1, 0.15) is 35.3 Å². The first-order valence-electron chi connectivity index (χ1n) is 7.52. The minimum Gasteiger partial charge on any atom is -0.481 e. The molecule has 1 aromatic rings. The zero-order valence-electron chi connectivity index (χ0n) is 13.3. The van der Waals surface area contributed by atoms with Crippen LogP contribution >= 0.6 is 11.3 Å². The zero-order chi connectivity index (χ0) is 16.3. The number of carboxylic acid groups (broad SMARTS) is 1. The summed E-state index contributed by atoms with van der Waals surface area (Å²) in [5.41, 5.74) is 0.829. The van der Waals surface area contributed by atoms with Gasteiger partial charge in [-0.25, -0.2) is 4.98 Å². The topological polar surface area (TPSA) is 73.7 Å². The summed E-state index contributed by atoms with van der Waals surface area (Å²) in [6, 6.07) is 0. The lowest BCUT2D eigenvalue weighted by atomic mass is 10.1. The second-order valence-corrected chi connectivity index (χ2v) is 6.95. The van der Waals surface area contributed by atoms with E-state index in [4.69, 9.17) is 5.11 Å². The van der Waals surface area contributed by atoms with Crippen molar-refractivity contribution in [1.82, 2.24) is 14.8 Å². The average molecular weight is 325 g/mol. The Morgan fingerprint density at radius 2 is 1.95 bits per heavy atom. The van der Waals surface area contributed by atoms with Gasteiger partial charge in [-0.05, 0) is 6.92 Å². The highest BCUT2D eigenvalue weighted by atomic mass is 32.1. The van der Waals surface area contributed by atoms with Crippen LogP contribution in [0.5, 0.6) is 0 Å². The Balaban J connectivity index is 1.91. The lowest BCUT2D eigenvalue weighted by molar-refractivity contribution is -0.136. The SMILES string of the molecule is CC(=O)N1CCN(CC(C)c2nc(C)c(CC(=O)O)s2)CC1. The molecule has 0 aromatic carbocycles. The number of aryl methyl sites for hydroxylation is 1. The molecule has 1 atom stereocenters. The standard InChI is InChI=1S/C15H23N3O3S/c1-10(9-17-4-6-18(7-5-17)12(3)19)15-16-11(2)13(22-15)8-14(20)21/h10H,4-9H2,1-3H3,(H,20,21). The number of carbonyl (C=O) groups excluding carboxylic acids is 1. The van der Waals surface area contributed by atoms with Gasteiger partial charge in [-0.1, -0.05) is 6.92 Å². The zero-order valence-corrected chi connectivity index (χ0v) is 14.2. The number of hydrogen-bond acceptors (Lipinski definition) is 5. The van der Waals surface area contributed by atoms with E-state index < -0.39 is 5.97 Å². The smallest absolute Gasteiger partial charge is 0.308 e. The van der Waals surface area contributed by atoms with Crippen LogP contribution in [0.25, 0.3) is 0 Å². The minimum atomic E-state index is -0.814. The summed E-state index contributed by atoms with van der Waals surface area (Å²) in [5, 5.41) is 9.91. The van der Waals surface area contributed by atoms with E-state index in [1.807, 2.05) is 11.8 Å². The van der Waals surface area contributed by atoms with Gasteiger partial charge in [0.15, 0.2) is 0 Å². The fourth-order valence-electron chi connectivity index (χ4n) is 2.67. The lowest BCUT2D eigenvalue weighted by Gasteiger charge is -2.35. The predicted molar refractivity (Wildman–Crippen MR) is 85.3 cm³/mol. The van der Waals surface area contributed by atoms with E-state index in [1.54, 1.807) is 6.92 Å². The number of nitrogens with zero attached hydrogens (tertiary/aromatic N) is 3. The van der Waals surface area contributed by atoms with Crippen LogP contribution in [-0.2, 0) is 16.0 Å². The molecule has 0 saturated carbocycles. The van der Waals surface area contributed by atoms with E-state index in [9.17, 15) is 9.59 Å². The summed E-state index contributed by atoms with van der Waals surface area (Å²) in [6.45, 7) is 9.83. The van der Waals surface area contributed by atoms with Crippen LogP contribution in [0.2, 0.25) is 0 Å². The highest BCUT2D eigenvalue weighted by molar-refractivity contribution is 7.11. The van der Waals surface area contributed by atoms with E-state index in [0.29, 0.717) is 0 Å². The largest absolute Gasteiger partial charge is 0.481 e. The van der Waals surface area contributed by atoms with Gasteiger partial charge in [-0.3, -0.25) is 14.5 Å². The second kappa shape index (κ2) is 7.19. The number of aliphatic carboxylic acids is 1. The fraction of sp³-hybridized carbons (Fsp3) is 0.667. The van der Waals surface area contributed by atoms with Crippen molar-refractivity contribution in [2.24, 2.45) is 0 Å². The Morgan fingerprint density at radius 3 is 2.50 bits per heavy atom. The van der Waals surface area contributed by atoms with Crippen molar-refractivity contribution < 1.29 is 14.7 Å². The van der Waals surface area contributed by atoms with Crippen molar-refractivity contribution in [3.8, 4) is 0 Å². The van der Waals surface area contributed by atoms with Gasteiger partial charge >= 0.3 is 5.97 Å². The summed E-state index contributed by atoms with van der Waals surface area (Å²) in [7, 11) is 0. The fourth-order valence-corrected chi connectivity index (χ4v) is 3.77. The summed E-state index contributed by atoms with van der Waals surface area (Å²) < 4.78 is 0.